The first-order valence-electron chi connectivity index (χ1n) is 8.26. The molecule has 0 unspecified atom stereocenters. The number of benzene rings is 2. The molecule has 2 aromatic rings. The second kappa shape index (κ2) is 8.56. The number of nitrogens with one attached hydrogen (secondary N) is 1. The van der Waals surface area contributed by atoms with Crippen molar-refractivity contribution >= 4 is 33.2 Å². The van der Waals surface area contributed by atoms with Gasteiger partial charge in [0.25, 0.3) is 5.91 Å². The Balaban J connectivity index is 1.98. The highest BCUT2D eigenvalue weighted by molar-refractivity contribution is 7.92. The van der Waals surface area contributed by atoms with E-state index in [2.05, 4.69) is 5.32 Å². The van der Waals surface area contributed by atoms with Gasteiger partial charge >= 0.3 is 0 Å². The van der Waals surface area contributed by atoms with Gasteiger partial charge in [0, 0.05) is 24.2 Å². The number of carbonyl (C=O) groups is 1. The van der Waals surface area contributed by atoms with E-state index in [0.717, 1.165) is 24.7 Å². The van der Waals surface area contributed by atoms with Crippen LogP contribution >= 0.6 is 11.6 Å². The van der Waals surface area contributed by atoms with Gasteiger partial charge in [-0.25, -0.2) is 8.42 Å². The standard InChI is InChI=1S/C19H23ClN2O3S/c1-14-17(7-4-8-18(14)22(2)26(3,24)25)19(23)21-13-5-6-15-9-11-16(20)12-10-15/h4,7-12H,5-6,13H2,1-3H3,(H,21,23). The largest absolute Gasteiger partial charge is 0.352 e. The van der Waals surface area contributed by atoms with Crippen LogP contribution in [0.25, 0.3) is 0 Å². The normalized spacial score (nSPS) is 11.2. The number of nitrogens with zero attached hydrogens (tertiary/aromatic N) is 1. The molecule has 140 valence electrons. The van der Waals surface area contributed by atoms with Crippen LogP contribution in [0.1, 0.15) is 27.9 Å². The molecule has 26 heavy (non-hydrogen) atoms. The van der Waals surface area contributed by atoms with Crippen molar-refractivity contribution in [1.29, 1.82) is 0 Å². The van der Waals surface area contributed by atoms with Crippen molar-refractivity contribution in [3.8, 4) is 0 Å². The summed E-state index contributed by atoms with van der Waals surface area (Å²) in [6, 6.07) is 12.7. The van der Waals surface area contributed by atoms with Gasteiger partial charge in [-0.2, -0.15) is 0 Å². The van der Waals surface area contributed by atoms with E-state index in [1.165, 1.54) is 11.4 Å². The SMILES string of the molecule is Cc1c(C(=O)NCCCc2ccc(Cl)cc2)cccc1N(C)S(C)(=O)=O. The molecular weight excluding hydrogens is 372 g/mol. The number of amides is 1. The summed E-state index contributed by atoms with van der Waals surface area (Å²) in [7, 11) is -1.91. The van der Waals surface area contributed by atoms with Crippen molar-refractivity contribution in [2.75, 3.05) is 24.2 Å². The van der Waals surface area contributed by atoms with Crippen LogP contribution < -0.4 is 9.62 Å². The van der Waals surface area contributed by atoms with Crippen LogP contribution in [0, 0.1) is 6.92 Å². The molecule has 5 nitrogen and oxygen atoms in total. The van der Waals surface area contributed by atoms with Crippen LogP contribution in [-0.4, -0.2) is 34.2 Å². The summed E-state index contributed by atoms with van der Waals surface area (Å²) >= 11 is 5.86. The van der Waals surface area contributed by atoms with Gasteiger partial charge in [-0.3, -0.25) is 9.10 Å². The molecule has 0 saturated carbocycles. The highest BCUT2D eigenvalue weighted by Gasteiger charge is 2.18. The lowest BCUT2D eigenvalue weighted by atomic mass is 10.1. The lowest BCUT2D eigenvalue weighted by molar-refractivity contribution is 0.0952. The molecule has 0 atom stereocenters. The maximum absolute atomic E-state index is 12.4. The maximum atomic E-state index is 12.4. The first-order chi connectivity index (χ1) is 12.2. The molecule has 0 aromatic heterocycles. The molecule has 0 aliphatic carbocycles. The van der Waals surface area contributed by atoms with Gasteiger partial charge in [-0.15, -0.1) is 0 Å². The average Bonchev–Trinajstić information content (AvgIpc) is 2.59. The Bertz CT molecular complexity index is 880. The van der Waals surface area contributed by atoms with Gasteiger partial charge < -0.3 is 5.32 Å². The predicted molar refractivity (Wildman–Crippen MR) is 107 cm³/mol. The maximum Gasteiger partial charge on any atom is 0.251 e. The van der Waals surface area contributed by atoms with Crippen molar-refractivity contribution in [2.24, 2.45) is 0 Å². The van der Waals surface area contributed by atoms with Crippen LogP contribution in [0.15, 0.2) is 42.5 Å². The summed E-state index contributed by atoms with van der Waals surface area (Å²) in [5.41, 5.74) is 2.78. The summed E-state index contributed by atoms with van der Waals surface area (Å²) in [5.74, 6) is -0.206. The molecular formula is C19H23ClN2O3S. The van der Waals surface area contributed by atoms with E-state index in [9.17, 15) is 13.2 Å². The number of sulfonamides is 1. The fraction of sp³-hybridized carbons (Fsp3) is 0.316. The minimum absolute atomic E-state index is 0.206. The number of carbonyl (C=O) groups excluding carboxylic acids is 1. The van der Waals surface area contributed by atoms with Gasteiger partial charge in [0.1, 0.15) is 0 Å². The topological polar surface area (TPSA) is 66.5 Å². The molecule has 1 N–H and O–H groups in total. The second-order valence-electron chi connectivity index (χ2n) is 6.17. The van der Waals surface area contributed by atoms with Crippen LogP contribution in [0.3, 0.4) is 0 Å². The Morgan fingerprint density at radius 1 is 1.15 bits per heavy atom. The quantitative estimate of drug-likeness (QED) is 0.732. The zero-order chi connectivity index (χ0) is 19.3. The summed E-state index contributed by atoms with van der Waals surface area (Å²) < 4.78 is 24.7. The van der Waals surface area contributed by atoms with Crippen molar-refractivity contribution in [3.05, 3.63) is 64.2 Å². The van der Waals surface area contributed by atoms with Crippen LogP contribution in [-0.2, 0) is 16.4 Å². The average molecular weight is 395 g/mol. The summed E-state index contributed by atoms with van der Waals surface area (Å²) in [4.78, 5) is 12.4. The molecule has 0 saturated heterocycles. The monoisotopic (exact) mass is 394 g/mol. The third-order valence-electron chi connectivity index (χ3n) is 4.23. The van der Waals surface area contributed by atoms with Gasteiger partial charge in [0.2, 0.25) is 10.0 Å². The van der Waals surface area contributed by atoms with E-state index in [1.807, 2.05) is 24.3 Å². The van der Waals surface area contributed by atoms with Gasteiger partial charge in [-0.05, 0) is 55.2 Å². The molecule has 0 fully saturated rings. The van der Waals surface area contributed by atoms with E-state index in [0.29, 0.717) is 28.4 Å². The minimum atomic E-state index is -3.38. The molecule has 7 heteroatoms. The Labute approximate surface area is 160 Å². The van der Waals surface area contributed by atoms with Gasteiger partial charge in [0.05, 0.1) is 11.9 Å². The summed E-state index contributed by atoms with van der Waals surface area (Å²) in [5, 5.41) is 3.60. The number of anilines is 1. The fourth-order valence-electron chi connectivity index (χ4n) is 2.63. The zero-order valence-corrected chi connectivity index (χ0v) is 16.7. The van der Waals surface area contributed by atoms with E-state index in [-0.39, 0.29) is 5.91 Å². The first kappa shape index (κ1) is 20.3. The Morgan fingerprint density at radius 3 is 2.42 bits per heavy atom. The number of hydrogen-bond donors (Lipinski definition) is 1. The van der Waals surface area contributed by atoms with Gasteiger partial charge in [-0.1, -0.05) is 29.8 Å². The van der Waals surface area contributed by atoms with Gasteiger partial charge in [0.15, 0.2) is 0 Å². The molecule has 0 spiro atoms. The van der Waals surface area contributed by atoms with Crippen molar-refractivity contribution < 1.29 is 13.2 Å². The number of hydrogen-bond acceptors (Lipinski definition) is 3. The van der Waals surface area contributed by atoms with Crippen molar-refractivity contribution in [3.63, 3.8) is 0 Å². The molecule has 0 aliphatic heterocycles. The highest BCUT2D eigenvalue weighted by Crippen LogP contribution is 2.24. The molecule has 0 heterocycles. The predicted octanol–water partition coefficient (Wildman–Crippen LogP) is 3.41. The molecule has 0 aliphatic rings. The zero-order valence-electron chi connectivity index (χ0n) is 15.1. The first-order valence-corrected chi connectivity index (χ1v) is 10.5. The Morgan fingerprint density at radius 2 is 1.81 bits per heavy atom. The van der Waals surface area contributed by atoms with Crippen LogP contribution in [0.4, 0.5) is 5.69 Å². The molecule has 2 rings (SSSR count). The smallest absolute Gasteiger partial charge is 0.251 e. The van der Waals surface area contributed by atoms with E-state index in [4.69, 9.17) is 11.6 Å². The summed E-state index contributed by atoms with van der Waals surface area (Å²) in [6.07, 6.45) is 2.78. The van der Waals surface area contributed by atoms with Crippen molar-refractivity contribution in [2.45, 2.75) is 19.8 Å². The van der Waals surface area contributed by atoms with E-state index in [1.54, 1.807) is 25.1 Å². The lowest BCUT2D eigenvalue weighted by Crippen LogP contribution is -2.28. The minimum Gasteiger partial charge on any atom is -0.352 e. The molecule has 0 bridgehead atoms. The Kier molecular flexibility index (Phi) is 6.67. The molecule has 0 radical (unpaired) electrons. The highest BCUT2D eigenvalue weighted by atomic mass is 35.5. The van der Waals surface area contributed by atoms with E-state index >= 15 is 0 Å². The lowest BCUT2D eigenvalue weighted by Gasteiger charge is -2.20. The van der Waals surface area contributed by atoms with Crippen LogP contribution in [0.2, 0.25) is 5.02 Å². The molecule has 1 amide bonds. The Hall–Kier alpha value is -2.05. The van der Waals surface area contributed by atoms with E-state index < -0.39 is 10.0 Å². The van der Waals surface area contributed by atoms with Crippen LogP contribution in [0.5, 0.6) is 0 Å². The third-order valence-corrected chi connectivity index (χ3v) is 5.67. The third kappa shape index (κ3) is 5.22. The number of halogens is 1. The van der Waals surface area contributed by atoms with Crippen molar-refractivity contribution in [1.82, 2.24) is 5.32 Å². The summed E-state index contributed by atoms with van der Waals surface area (Å²) in [6.45, 7) is 2.28. The molecule has 2 aromatic carbocycles. The fourth-order valence-corrected chi connectivity index (χ4v) is 3.31. The number of aryl methyl sites for hydroxylation is 1. The second-order valence-corrected chi connectivity index (χ2v) is 8.62. The number of rotatable bonds is 7.